The Labute approximate surface area is 248 Å². The van der Waals surface area contributed by atoms with Gasteiger partial charge >= 0.3 is 0 Å². The molecule has 5 aromatic rings. The van der Waals surface area contributed by atoms with Crippen LogP contribution in [0, 0.1) is 0 Å². The van der Waals surface area contributed by atoms with Gasteiger partial charge in [0.15, 0.2) is 16.9 Å². The Hall–Kier alpha value is -4.29. The topological polar surface area (TPSA) is 107 Å². The van der Waals surface area contributed by atoms with Crippen molar-refractivity contribution < 1.29 is 18.7 Å². The van der Waals surface area contributed by atoms with Crippen LogP contribution in [-0.2, 0) is 29.0 Å². The van der Waals surface area contributed by atoms with Crippen LogP contribution in [0.4, 0.5) is 15.2 Å². The predicted molar refractivity (Wildman–Crippen MR) is 158 cm³/mol. The molecule has 2 amide bonds. The van der Waals surface area contributed by atoms with Crippen LogP contribution in [-0.4, -0.2) is 56.5 Å². The quantitative estimate of drug-likeness (QED) is 0.290. The summed E-state index contributed by atoms with van der Waals surface area (Å²) in [5.41, 5.74) is 5.06. The van der Waals surface area contributed by atoms with Gasteiger partial charge in [0.05, 0.1) is 30.7 Å². The molecule has 42 heavy (non-hydrogen) atoms. The summed E-state index contributed by atoms with van der Waals surface area (Å²) in [6, 6.07) is 6.71. The Bertz CT molecular complexity index is 1870. The van der Waals surface area contributed by atoms with Crippen molar-refractivity contribution >= 4 is 56.5 Å². The van der Waals surface area contributed by atoms with E-state index >= 15 is 0 Å². The number of alkyl halides is 1. The first-order valence-corrected chi connectivity index (χ1v) is 14.6. The second-order valence-corrected chi connectivity index (χ2v) is 11.7. The molecule has 2 aromatic carbocycles. The lowest BCUT2D eigenvalue weighted by Crippen LogP contribution is -2.30. The van der Waals surface area contributed by atoms with E-state index in [-0.39, 0.29) is 18.9 Å². The van der Waals surface area contributed by atoms with Gasteiger partial charge in [0.1, 0.15) is 11.7 Å². The monoisotopic (exact) mass is 605 g/mol. The van der Waals surface area contributed by atoms with Crippen molar-refractivity contribution in [3.05, 3.63) is 70.3 Å². The van der Waals surface area contributed by atoms with Gasteiger partial charge in [0, 0.05) is 60.0 Å². The van der Waals surface area contributed by atoms with E-state index in [1.165, 1.54) is 16.0 Å². The first-order chi connectivity index (χ1) is 20.3. The van der Waals surface area contributed by atoms with E-state index in [9.17, 15) is 14.0 Å². The van der Waals surface area contributed by atoms with Crippen molar-refractivity contribution in [3.8, 4) is 16.9 Å². The van der Waals surface area contributed by atoms with Crippen molar-refractivity contribution in [2.75, 3.05) is 24.4 Å². The van der Waals surface area contributed by atoms with Crippen molar-refractivity contribution in [1.82, 2.24) is 24.3 Å². The summed E-state index contributed by atoms with van der Waals surface area (Å²) in [6.45, 7) is 0.192. The van der Waals surface area contributed by atoms with Gasteiger partial charge in [-0.05, 0) is 35.7 Å². The highest BCUT2D eigenvalue weighted by atomic mass is 35.5. The molecular formula is C29H25ClFN7O3S. The van der Waals surface area contributed by atoms with Crippen LogP contribution in [0.2, 0.25) is 5.02 Å². The zero-order valence-electron chi connectivity index (χ0n) is 22.7. The van der Waals surface area contributed by atoms with Crippen molar-refractivity contribution in [1.29, 1.82) is 0 Å². The highest BCUT2D eigenvalue weighted by Crippen LogP contribution is 2.42. The summed E-state index contributed by atoms with van der Waals surface area (Å²) in [5, 5.41) is 10.9. The number of thiazole rings is 1. The molecule has 7 rings (SSSR count). The molecule has 0 saturated heterocycles. The minimum Gasteiger partial charge on any atom is -0.494 e. The van der Waals surface area contributed by atoms with E-state index in [1.807, 2.05) is 24.3 Å². The average molecular weight is 606 g/mol. The smallest absolute Gasteiger partial charge is 0.257 e. The number of rotatable bonds is 6. The molecule has 10 nitrogen and oxygen atoms in total. The van der Waals surface area contributed by atoms with E-state index in [0.717, 1.165) is 22.4 Å². The number of nitrogens with one attached hydrogen (secondary N) is 1. The van der Waals surface area contributed by atoms with E-state index < -0.39 is 18.1 Å². The standard InChI is InChI=1S/C29H25ClFN7O3S/c1-36-21-5-3-15(9-16(21)4-6-23(36)39)18-11-20(30)19-13-38(35-24(19)27(18)41-2)26(28(40)34-29-32-7-8-42-29)25-22-10-17(31)12-37(22)14-33-25/h3,5,7-9,11,13-14,17,26H,4,6,10,12H2,1-2H3,(H,32,34,40)/t17-,26?/m1/s1. The zero-order valence-corrected chi connectivity index (χ0v) is 24.2. The third-order valence-corrected chi connectivity index (χ3v) is 8.88. The number of aromatic nitrogens is 5. The maximum Gasteiger partial charge on any atom is 0.257 e. The second kappa shape index (κ2) is 10.2. The number of fused-ring (bicyclic) bond motifs is 3. The summed E-state index contributed by atoms with van der Waals surface area (Å²) >= 11 is 8.13. The highest BCUT2D eigenvalue weighted by Gasteiger charge is 2.35. The fourth-order valence-corrected chi connectivity index (χ4v) is 6.64. The number of hydrogen-bond acceptors (Lipinski definition) is 7. The second-order valence-electron chi connectivity index (χ2n) is 10.4. The van der Waals surface area contributed by atoms with Gasteiger partial charge in [-0.2, -0.15) is 5.10 Å². The van der Waals surface area contributed by atoms with Gasteiger partial charge in [-0.25, -0.2) is 14.4 Å². The molecule has 214 valence electrons. The van der Waals surface area contributed by atoms with Gasteiger partial charge in [-0.1, -0.05) is 17.7 Å². The molecule has 5 heterocycles. The minimum atomic E-state index is -1.05. The van der Waals surface area contributed by atoms with Gasteiger partial charge < -0.3 is 14.2 Å². The largest absolute Gasteiger partial charge is 0.494 e. The molecule has 1 N–H and O–H groups in total. The first kappa shape index (κ1) is 26.6. The first-order valence-electron chi connectivity index (χ1n) is 13.4. The van der Waals surface area contributed by atoms with Crippen molar-refractivity contribution in [3.63, 3.8) is 0 Å². The number of imidazole rings is 1. The van der Waals surface area contributed by atoms with Crippen LogP contribution < -0.4 is 15.0 Å². The summed E-state index contributed by atoms with van der Waals surface area (Å²) in [6.07, 6.45) is 5.05. The summed E-state index contributed by atoms with van der Waals surface area (Å²) in [7, 11) is 3.34. The van der Waals surface area contributed by atoms with E-state index in [2.05, 4.69) is 15.3 Å². The summed E-state index contributed by atoms with van der Waals surface area (Å²) < 4.78 is 23.5. The van der Waals surface area contributed by atoms with Crippen molar-refractivity contribution in [2.45, 2.75) is 38.0 Å². The molecule has 2 atom stereocenters. The van der Waals surface area contributed by atoms with Crippen LogP contribution in [0.15, 0.2) is 48.4 Å². The molecule has 2 aliphatic rings. The van der Waals surface area contributed by atoms with Gasteiger partial charge in [0.2, 0.25) is 5.91 Å². The maximum atomic E-state index is 14.3. The van der Waals surface area contributed by atoms with E-state index in [4.69, 9.17) is 21.4 Å². The Balaban J connectivity index is 1.35. The number of anilines is 2. The third-order valence-electron chi connectivity index (χ3n) is 7.88. The predicted octanol–water partition coefficient (Wildman–Crippen LogP) is 5.05. The summed E-state index contributed by atoms with van der Waals surface area (Å²) in [4.78, 5) is 36.3. The van der Waals surface area contributed by atoms with Crippen LogP contribution in [0.1, 0.15) is 29.4 Å². The Morgan fingerprint density at radius 1 is 1.26 bits per heavy atom. The Morgan fingerprint density at radius 2 is 2.12 bits per heavy atom. The molecular weight excluding hydrogens is 581 g/mol. The number of amides is 2. The molecule has 13 heteroatoms. The Kier molecular flexibility index (Phi) is 6.47. The minimum absolute atomic E-state index is 0.0849. The van der Waals surface area contributed by atoms with Crippen LogP contribution in [0.25, 0.3) is 22.0 Å². The number of hydrogen-bond donors (Lipinski definition) is 1. The molecule has 2 aliphatic heterocycles. The fraction of sp³-hybridized carbons (Fsp3) is 0.276. The number of nitrogens with zero attached hydrogens (tertiary/aromatic N) is 6. The van der Waals surface area contributed by atoms with Gasteiger partial charge in [0.25, 0.3) is 5.91 Å². The lowest BCUT2D eigenvalue weighted by atomic mass is 9.95. The molecule has 1 unspecified atom stereocenters. The highest BCUT2D eigenvalue weighted by molar-refractivity contribution is 7.13. The fourth-order valence-electron chi connectivity index (χ4n) is 5.86. The lowest BCUT2D eigenvalue weighted by Gasteiger charge is -2.26. The van der Waals surface area contributed by atoms with Crippen LogP contribution in [0.5, 0.6) is 5.75 Å². The lowest BCUT2D eigenvalue weighted by molar-refractivity contribution is -0.119. The van der Waals surface area contributed by atoms with E-state index in [1.54, 1.807) is 47.7 Å². The molecule has 3 aromatic heterocycles. The van der Waals surface area contributed by atoms with Crippen LogP contribution >= 0.6 is 22.9 Å². The average Bonchev–Trinajstić information content (AvgIpc) is 3.77. The molecule has 0 radical (unpaired) electrons. The molecule has 0 spiro atoms. The number of carbonyl (C=O) groups excluding carboxylic acids is 2. The number of aryl methyl sites for hydroxylation is 1. The number of ether oxygens (including phenoxy) is 1. The number of carbonyl (C=O) groups is 2. The third kappa shape index (κ3) is 4.33. The molecule has 0 aliphatic carbocycles. The molecule has 0 fully saturated rings. The maximum absolute atomic E-state index is 14.3. The molecule has 0 bridgehead atoms. The summed E-state index contributed by atoms with van der Waals surface area (Å²) in [5.74, 6) is 0.165. The Morgan fingerprint density at radius 3 is 2.90 bits per heavy atom. The van der Waals surface area contributed by atoms with E-state index in [0.29, 0.717) is 51.0 Å². The van der Waals surface area contributed by atoms with Gasteiger partial charge in [-0.3, -0.25) is 19.6 Å². The number of halogens is 2. The zero-order chi connectivity index (χ0) is 29.1. The number of methoxy groups -OCH3 is 1. The van der Waals surface area contributed by atoms with Crippen molar-refractivity contribution in [2.24, 2.45) is 0 Å². The SMILES string of the molecule is COc1c(-c2ccc3c(c2)CCC(=O)N3C)cc(Cl)c2cn(C(C(=O)Nc3nccs3)c3ncn4c3C[C@@H](F)C4)nc12. The van der Waals surface area contributed by atoms with Crippen LogP contribution in [0.3, 0.4) is 0 Å². The van der Waals surface area contributed by atoms with Gasteiger partial charge in [-0.15, -0.1) is 11.3 Å². The normalized spacial score (nSPS) is 16.9. The molecule has 0 saturated carbocycles. The number of benzene rings is 2.